The van der Waals surface area contributed by atoms with Crippen LogP contribution in [0, 0.1) is 5.82 Å². The molecule has 140 valence electrons. The number of rotatable bonds is 8. The van der Waals surface area contributed by atoms with E-state index < -0.39 is 0 Å². The van der Waals surface area contributed by atoms with Gasteiger partial charge in [-0.2, -0.15) is 0 Å². The van der Waals surface area contributed by atoms with Crippen molar-refractivity contribution in [3.63, 3.8) is 0 Å². The van der Waals surface area contributed by atoms with E-state index in [2.05, 4.69) is 9.97 Å². The first-order valence-corrected chi connectivity index (χ1v) is 8.64. The fraction of sp³-hybridized carbons (Fsp3) is 0.250. The normalized spacial score (nSPS) is 10.7. The number of para-hydroxylation sites is 1. The van der Waals surface area contributed by atoms with E-state index in [0.29, 0.717) is 41.9 Å². The summed E-state index contributed by atoms with van der Waals surface area (Å²) in [5, 5.41) is 0.519. The highest BCUT2D eigenvalue weighted by Crippen LogP contribution is 2.11. The fourth-order valence-corrected chi connectivity index (χ4v) is 2.51. The van der Waals surface area contributed by atoms with Crippen LogP contribution < -0.4 is 10.3 Å². The van der Waals surface area contributed by atoms with Gasteiger partial charge in [-0.1, -0.05) is 12.1 Å². The van der Waals surface area contributed by atoms with Gasteiger partial charge in [-0.15, -0.1) is 0 Å². The van der Waals surface area contributed by atoms with Crippen molar-refractivity contribution >= 4 is 16.9 Å². The number of halogens is 1. The molecule has 0 amide bonds. The van der Waals surface area contributed by atoms with Crippen LogP contribution in [0.3, 0.4) is 0 Å². The molecular formula is C20H19FN2O4. The number of ether oxygens (including phenoxy) is 2. The Labute approximate surface area is 155 Å². The first-order chi connectivity index (χ1) is 13.1. The monoisotopic (exact) mass is 370 g/mol. The summed E-state index contributed by atoms with van der Waals surface area (Å²) in [7, 11) is 0. The Hall–Kier alpha value is -3.22. The van der Waals surface area contributed by atoms with Crippen LogP contribution in [0.4, 0.5) is 4.39 Å². The lowest BCUT2D eigenvalue weighted by molar-refractivity contribution is -0.143. The van der Waals surface area contributed by atoms with E-state index in [1.54, 1.807) is 36.4 Å². The standard InChI is InChI=1S/C20H19FN2O4/c21-14-6-8-15(9-7-14)26-12-3-13-27-19(24)11-10-18-22-17-5-2-1-4-16(17)20(25)23-18/h1-2,4-9H,3,10-13H2,(H,22,23,25). The lowest BCUT2D eigenvalue weighted by Gasteiger charge is -2.07. The summed E-state index contributed by atoms with van der Waals surface area (Å²) in [6.45, 7) is 0.583. The molecule has 3 aromatic rings. The van der Waals surface area contributed by atoms with E-state index >= 15 is 0 Å². The van der Waals surface area contributed by atoms with Crippen molar-refractivity contribution in [2.24, 2.45) is 0 Å². The number of nitrogens with one attached hydrogen (secondary N) is 1. The van der Waals surface area contributed by atoms with Gasteiger partial charge < -0.3 is 14.5 Å². The molecule has 1 aromatic heterocycles. The second-order valence-corrected chi connectivity index (χ2v) is 5.91. The average molecular weight is 370 g/mol. The number of hydrogen-bond acceptors (Lipinski definition) is 5. The van der Waals surface area contributed by atoms with Gasteiger partial charge in [0.25, 0.3) is 5.56 Å². The van der Waals surface area contributed by atoms with Crippen LogP contribution in [0.1, 0.15) is 18.7 Å². The molecule has 0 unspecified atom stereocenters. The highest BCUT2D eigenvalue weighted by atomic mass is 19.1. The van der Waals surface area contributed by atoms with Gasteiger partial charge in [-0.3, -0.25) is 9.59 Å². The van der Waals surface area contributed by atoms with Crippen molar-refractivity contribution in [2.45, 2.75) is 19.3 Å². The van der Waals surface area contributed by atoms with Gasteiger partial charge in [-0.05, 0) is 36.4 Å². The number of aryl methyl sites for hydroxylation is 1. The number of aromatic nitrogens is 2. The third-order valence-corrected chi connectivity index (χ3v) is 3.86. The lowest BCUT2D eigenvalue weighted by atomic mass is 10.2. The van der Waals surface area contributed by atoms with Crippen LogP contribution in [-0.4, -0.2) is 29.2 Å². The van der Waals surface area contributed by atoms with Crippen LogP contribution in [-0.2, 0) is 16.0 Å². The second-order valence-electron chi connectivity index (χ2n) is 5.91. The van der Waals surface area contributed by atoms with E-state index in [4.69, 9.17) is 9.47 Å². The number of fused-ring (bicyclic) bond motifs is 1. The predicted molar refractivity (Wildman–Crippen MR) is 98.2 cm³/mol. The Morgan fingerprint density at radius 2 is 1.85 bits per heavy atom. The Morgan fingerprint density at radius 3 is 2.67 bits per heavy atom. The Kier molecular flexibility index (Phi) is 6.14. The van der Waals surface area contributed by atoms with Crippen LogP contribution in [0.5, 0.6) is 5.75 Å². The third kappa shape index (κ3) is 5.37. The van der Waals surface area contributed by atoms with Crippen LogP contribution >= 0.6 is 0 Å². The van der Waals surface area contributed by atoms with Crippen LogP contribution in [0.25, 0.3) is 10.9 Å². The first kappa shape index (κ1) is 18.6. The molecule has 3 rings (SSSR count). The molecule has 6 nitrogen and oxygen atoms in total. The molecule has 0 aliphatic heterocycles. The van der Waals surface area contributed by atoms with Crippen LogP contribution in [0.15, 0.2) is 53.3 Å². The zero-order chi connectivity index (χ0) is 19.1. The maximum Gasteiger partial charge on any atom is 0.306 e. The van der Waals surface area contributed by atoms with Crippen molar-refractivity contribution in [3.05, 3.63) is 70.5 Å². The lowest BCUT2D eigenvalue weighted by Crippen LogP contribution is -2.14. The number of esters is 1. The van der Waals surface area contributed by atoms with E-state index in [1.165, 1.54) is 12.1 Å². The smallest absolute Gasteiger partial charge is 0.306 e. The summed E-state index contributed by atoms with van der Waals surface area (Å²) in [5.74, 6) is 0.329. The first-order valence-electron chi connectivity index (χ1n) is 8.64. The molecule has 0 fully saturated rings. The molecule has 0 radical (unpaired) electrons. The van der Waals surface area contributed by atoms with Crippen molar-refractivity contribution in [1.29, 1.82) is 0 Å². The number of carbonyl (C=O) groups is 1. The maximum absolute atomic E-state index is 12.8. The quantitative estimate of drug-likeness (QED) is 0.487. The molecule has 0 spiro atoms. The zero-order valence-electron chi connectivity index (χ0n) is 14.6. The van der Waals surface area contributed by atoms with Crippen molar-refractivity contribution < 1.29 is 18.7 Å². The van der Waals surface area contributed by atoms with Crippen molar-refractivity contribution in [1.82, 2.24) is 9.97 Å². The number of hydrogen-bond donors (Lipinski definition) is 1. The molecule has 0 bridgehead atoms. The van der Waals surface area contributed by atoms with Gasteiger partial charge >= 0.3 is 5.97 Å². The van der Waals surface area contributed by atoms with Gasteiger partial charge in [0.15, 0.2) is 0 Å². The molecule has 0 aliphatic carbocycles. The summed E-state index contributed by atoms with van der Waals surface area (Å²) in [5.41, 5.74) is 0.379. The van der Waals surface area contributed by atoms with E-state index in [1.807, 2.05) is 0 Å². The van der Waals surface area contributed by atoms with Crippen molar-refractivity contribution in [2.75, 3.05) is 13.2 Å². The molecule has 1 N–H and O–H groups in total. The minimum absolute atomic E-state index is 0.125. The summed E-state index contributed by atoms with van der Waals surface area (Å²) in [4.78, 5) is 30.8. The fourth-order valence-electron chi connectivity index (χ4n) is 2.51. The van der Waals surface area contributed by atoms with E-state index in [9.17, 15) is 14.0 Å². The van der Waals surface area contributed by atoms with Crippen LogP contribution in [0.2, 0.25) is 0 Å². The van der Waals surface area contributed by atoms with Gasteiger partial charge in [0.1, 0.15) is 17.4 Å². The Balaban J connectivity index is 1.38. The van der Waals surface area contributed by atoms with Crippen molar-refractivity contribution in [3.8, 4) is 5.75 Å². The van der Waals surface area contributed by atoms with Gasteiger partial charge in [0, 0.05) is 12.8 Å². The van der Waals surface area contributed by atoms with E-state index in [-0.39, 0.29) is 30.4 Å². The summed E-state index contributed by atoms with van der Waals surface area (Å²) in [6, 6.07) is 12.8. The summed E-state index contributed by atoms with van der Waals surface area (Å²) >= 11 is 0. The third-order valence-electron chi connectivity index (χ3n) is 3.86. The van der Waals surface area contributed by atoms with E-state index in [0.717, 1.165) is 0 Å². The SMILES string of the molecule is O=C(CCc1nc2ccccc2c(=O)[nH]1)OCCCOc1ccc(F)cc1. The van der Waals surface area contributed by atoms with Gasteiger partial charge in [-0.25, -0.2) is 9.37 Å². The number of nitrogens with zero attached hydrogens (tertiary/aromatic N) is 1. The molecule has 0 aliphatic rings. The molecule has 27 heavy (non-hydrogen) atoms. The minimum atomic E-state index is -0.368. The Morgan fingerprint density at radius 1 is 1.07 bits per heavy atom. The predicted octanol–water partition coefficient (Wildman–Crippen LogP) is 3.01. The summed E-state index contributed by atoms with van der Waals surface area (Å²) < 4.78 is 23.3. The molecule has 7 heteroatoms. The molecule has 2 aromatic carbocycles. The number of H-pyrrole nitrogens is 1. The topological polar surface area (TPSA) is 81.3 Å². The highest BCUT2D eigenvalue weighted by Gasteiger charge is 2.07. The second kappa shape index (κ2) is 8.93. The minimum Gasteiger partial charge on any atom is -0.493 e. The number of aromatic amines is 1. The number of carbonyl (C=O) groups excluding carboxylic acids is 1. The maximum atomic E-state index is 12.8. The molecular weight excluding hydrogens is 351 g/mol. The highest BCUT2D eigenvalue weighted by molar-refractivity contribution is 5.77. The largest absolute Gasteiger partial charge is 0.493 e. The molecule has 0 saturated carbocycles. The Bertz CT molecular complexity index is 970. The average Bonchev–Trinajstić information content (AvgIpc) is 2.67. The number of benzene rings is 2. The zero-order valence-corrected chi connectivity index (χ0v) is 14.6. The molecule has 0 atom stereocenters. The molecule has 1 heterocycles. The van der Waals surface area contributed by atoms with Gasteiger partial charge in [0.2, 0.25) is 0 Å². The molecule has 0 saturated heterocycles. The summed E-state index contributed by atoms with van der Waals surface area (Å²) in [6.07, 6.45) is 0.944. The van der Waals surface area contributed by atoms with Gasteiger partial charge in [0.05, 0.1) is 30.5 Å².